The van der Waals surface area contributed by atoms with Gasteiger partial charge in [0, 0.05) is 17.8 Å². The van der Waals surface area contributed by atoms with Crippen LogP contribution in [0.25, 0.3) is 5.65 Å². The van der Waals surface area contributed by atoms with Crippen LogP contribution >= 0.6 is 11.3 Å². The van der Waals surface area contributed by atoms with Crippen LogP contribution in [-0.4, -0.2) is 38.1 Å². The van der Waals surface area contributed by atoms with E-state index in [0.29, 0.717) is 33.3 Å². The van der Waals surface area contributed by atoms with Crippen molar-refractivity contribution in [3.05, 3.63) is 39.3 Å². The molecule has 3 rings (SSSR count). The molecule has 0 saturated heterocycles. The normalized spacial score (nSPS) is 10.7. The highest BCUT2D eigenvalue weighted by Gasteiger charge is 2.18. The van der Waals surface area contributed by atoms with Crippen molar-refractivity contribution >= 4 is 34.0 Å². The first-order valence-corrected chi connectivity index (χ1v) is 9.85. The molecule has 29 heavy (non-hydrogen) atoms. The van der Waals surface area contributed by atoms with Crippen LogP contribution in [-0.2, 0) is 16.0 Å². The monoisotopic (exact) mass is 412 g/mol. The quantitative estimate of drug-likeness (QED) is 0.618. The average molecular weight is 412 g/mol. The van der Waals surface area contributed by atoms with E-state index in [1.165, 1.54) is 6.20 Å². The average Bonchev–Trinajstić information content (AvgIpc) is 3.24. The molecule has 0 saturated carbocycles. The molecule has 0 atom stereocenters. The Kier molecular flexibility index (Phi) is 5.89. The maximum Gasteiger partial charge on any atom is 0.350 e. The van der Waals surface area contributed by atoms with Gasteiger partial charge in [0.25, 0.3) is 0 Å². The number of aryl methyl sites for hydroxylation is 3. The topological polar surface area (TPSA) is 122 Å². The van der Waals surface area contributed by atoms with Gasteiger partial charge >= 0.3 is 5.97 Å². The van der Waals surface area contributed by atoms with E-state index in [4.69, 9.17) is 10.00 Å². The number of ether oxygens (including phenoxy) is 1. The third kappa shape index (κ3) is 4.09. The van der Waals surface area contributed by atoms with E-state index >= 15 is 0 Å². The fourth-order valence-electron chi connectivity index (χ4n) is 3.01. The van der Waals surface area contributed by atoms with Gasteiger partial charge in [0.15, 0.2) is 10.8 Å². The second-order valence-electron chi connectivity index (χ2n) is 6.37. The molecule has 1 amide bonds. The van der Waals surface area contributed by atoms with Gasteiger partial charge in [-0.25, -0.2) is 19.3 Å². The minimum Gasteiger partial charge on any atom is -0.462 e. The summed E-state index contributed by atoms with van der Waals surface area (Å²) in [6.45, 7) is 7.45. The van der Waals surface area contributed by atoms with Crippen molar-refractivity contribution in [2.45, 2.75) is 40.5 Å². The fraction of sp³-hybridized carbons (Fsp3) is 0.368. The van der Waals surface area contributed by atoms with E-state index in [1.807, 2.05) is 13.8 Å². The van der Waals surface area contributed by atoms with Crippen LogP contribution in [0.2, 0.25) is 0 Å². The second kappa shape index (κ2) is 8.36. The number of aromatic nitrogens is 4. The van der Waals surface area contributed by atoms with Gasteiger partial charge in [0.05, 0.1) is 18.5 Å². The molecule has 3 heterocycles. The second-order valence-corrected chi connectivity index (χ2v) is 7.37. The van der Waals surface area contributed by atoms with Gasteiger partial charge in [0.2, 0.25) is 5.91 Å². The lowest BCUT2D eigenvalue weighted by Gasteiger charge is -2.10. The van der Waals surface area contributed by atoms with Gasteiger partial charge in [0.1, 0.15) is 16.5 Å². The number of amides is 1. The van der Waals surface area contributed by atoms with Crippen molar-refractivity contribution in [2.24, 2.45) is 0 Å². The zero-order valence-electron chi connectivity index (χ0n) is 16.6. The first-order valence-electron chi connectivity index (χ1n) is 9.04. The highest BCUT2D eigenvalue weighted by Crippen LogP contribution is 2.24. The molecule has 3 aromatic rings. The summed E-state index contributed by atoms with van der Waals surface area (Å²) < 4.78 is 6.61. The minimum absolute atomic E-state index is 0.216. The van der Waals surface area contributed by atoms with E-state index < -0.39 is 5.97 Å². The number of anilines is 1. The van der Waals surface area contributed by atoms with Crippen LogP contribution in [0, 0.1) is 32.1 Å². The molecule has 0 unspecified atom stereocenters. The smallest absolute Gasteiger partial charge is 0.350 e. The number of hydrogen-bond donors (Lipinski definition) is 1. The molecule has 0 aliphatic rings. The third-order valence-electron chi connectivity index (χ3n) is 4.43. The first kappa shape index (κ1) is 20.4. The van der Waals surface area contributed by atoms with E-state index in [1.54, 1.807) is 18.4 Å². The standard InChI is InChI=1S/C19H20N6O3S/c1-5-28-18(27)16-11(3)23-19(29-16)24-15(26)7-6-14-10(2)22-17-13(8-20)9-21-25(17)12(14)4/h9H,5-7H2,1-4H3,(H,23,24,26). The van der Waals surface area contributed by atoms with E-state index in [9.17, 15) is 9.59 Å². The molecular weight excluding hydrogens is 392 g/mol. The molecule has 9 nitrogen and oxygen atoms in total. The summed E-state index contributed by atoms with van der Waals surface area (Å²) in [4.78, 5) is 33.3. The molecule has 0 aliphatic heterocycles. The number of fused-ring (bicyclic) bond motifs is 1. The Morgan fingerprint density at radius 3 is 2.72 bits per heavy atom. The molecular formula is C19H20N6O3S. The van der Waals surface area contributed by atoms with E-state index in [2.05, 4.69) is 26.5 Å². The van der Waals surface area contributed by atoms with Gasteiger partial charge in [-0.15, -0.1) is 0 Å². The van der Waals surface area contributed by atoms with Crippen molar-refractivity contribution < 1.29 is 14.3 Å². The summed E-state index contributed by atoms with van der Waals surface area (Å²) in [7, 11) is 0. The zero-order chi connectivity index (χ0) is 21.1. The molecule has 150 valence electrons. The Hall–Kier alpha value is -3.32. The molecule has 1 N–H and O–H groups in total. The largest absolute Gasteiger partial charge is 0.462 e. The van der Waals surface area contributed by atoms with Crippen LogP contribution < -0.4 is 5.32 Å². The van der Waals surface area contributed by atoms with Gasteiger partial charge in [-0.05, 0) is 39.7 Å². The number of esters is 1. The summed E-state index contributed by atoms with van der Waals surface area (Å²) in [5, 5.41) is 16.5. The number of rotatable bonds is 6. The van der Waals surface area contributed by atoms with Crippen molar-refractivity contribution in [3.8, 4) is 6.07 Å². The summed E-state index contributed by atoms with van der Waals surface area (Å²) in [5.41, 5.74) is 3.96. The number of hydrogen-bond acceptors (Lipinski definition) is 8. The predicted molar refractivity (Wildman–Crippen MR) is 107 cm³/mol. The van der Waals surface area contributed by atoms with Crippen LogP contribution in [0.5, 0.6) is 0 Å². The number of carbonyl (C=O) groups is 2. The minimum atomic E-state index is -0.440. The number of carbonyl (C=O) groups excluding carboxylic acids is 2. The van der Waals surface area contributed by atoms with Crippen molar-refractivity contribution in [3.63, 3.8) is 0 Å². The van der Waals surface area contributed by atoms with Crippen molar-refractivity contribution in [1.29, 1.82) is 5.26 Å². The Bertz CT molecular complexity index is 1140. The lowest BCUT2D eigenvalue weighted by Crippen LogP contribution is -2.14. The summed E-state index contributed by atoms with van der Waals surface area (Å²) in [5.74, 6) is -0.657. The van der Waals surface area contributed by atoms with Crippen LogP contribution in [0.15, 0.2) is 6.20 Å². The zero-order valence-corrected chi connectivity index (χ0v) is 17.4. The Balaban J connectivity index is 1.71. The Morgan fingerprint density at radius 1 is 1.28 bits per heavy atom. The number of nitrogens with one attached hydrogen (secondary N) is 1. The maximum absolute atomic E-state index is 12.4. The summed E-state index contributed by atoms with van der Waals surface area (Å²) in [6, 6.07) is 2.08. The molecule has 3 aromatic heterocycles. The van der Waals surface area contributed by atoms with Crippen LogP contribution in [0.4, 0.5) is 5.13 Å². The van der Waals surface area contributed by atoms with Crippen LogP contribution in [0.1, 0.15) is 51.2 Å². The summed E-state index contributed by atoms with van der Waals surface area (Å²) >= 11 is 1.10. The lowest BCUT2D eigenvalue weighted by molar-refractivity contribution is -0.116. The van der Waals surface area contributed by atoms with Crippen molar-refractivity contribution in [1.82, 2.24) is 19.6 Å². The molecule has 10 heteroatoms. The third-order valence-corrected chi connectivity index (χ3v) is 5.49. The van der Waals surface area contributed by atoms with Gasteiger partial charge in [-0.1, -0.05) is 11.3 Å². The molecule has 0 bridgehead atoms. The molecule has 0 spiro atoms. The molecule has 0 radical (unpaired) electrons. The Morgan fingerprint density at radius 2 is 2.03 bits per heavy atom. The first-order chi connectivity index (χ1) is 13.8. The fourth-order valence-corrected chi connectivity index (χ4v) is 3.88. The molecule has 0 aliphatic carbocycles. The number of nitriles is 1. The number of nitrogens with zero attached hydrogens (tertiary/aromatic N) is 5. The van der Waals surface area contributed by atoms with E-state index in [0.717, 1.165) is 28.3 Å². The highest BCUT2D eigenvalue weighted by molar-refractivity contribution is 7.17. The maximum atomic E-state index is 12.4. The summed E-state index contributed by atoms with van der Waals surface area (Å²) in [6.07, 6.45) is 2.16. The van der Waals surface area contributed by atoms with Crippen LogP contribution in [0.3, 0.4) is 0 Å². The van der Waals surface area contributed by atoms with Gasteiger partial charge < -0.3 is 10.1 Å². The SMILES string of the molecule is CCOC(=O)c1sc(NC(=O)CCc2c(C)nc3c(C#N)cnn3c2C)nc1C. The number of thiazole rings is 1. The Labute approximate surface area is 171 Å². The van der Waals surface area contributed by atoms with Crippen molar-refractivity contribution in [2.75, 3.05) is 11.9 Å². The van der Waals surface area contributed by atoms with E-state index in [-0.39, 0.29) is 18.9 Å². The lowest BCUT2D eigenvalue weighted by atomic mass is 10.1. The van der Waals surface area contributed by atoms with Gasteiger partial charge in [-0.3, -0.25) is 4.79 Å². The molecule has 0 aromatic carbocycles. The molecule has 0 fully saturated rings. The highest BCUT2D eigenvalue weighted by atomic mass is 32.1. The predicted octanol–water partition coefficient (Wildman–Crippen LogP) is 2.73. The van der Waals surface area contributed by atoms with Gasteiger partial charge in [-0.2, -0.15) is 10.4 Å².